The Morgan fingerprint density at radius 1 is 1.30 bits per heavy atom. The molecular weight excluding hydrogens is 266 g/mol. The summed E-state index contributed by atoms with van der Waals surface area (Å²) in [6, 6.07) is 8.61. The van der Waals surface area contributed by atoms with Gasteiger partial charge in [0.2, 0.25) is 0 Å². The third kappa shape index (κ3) is 2.72. The van der Waals surface area contributed by atoms with Crippen LogP contribution in [0.2, 0.25) is 0 Å². The van der Waals surface area contributed by atoms with E-state index in [1.54, 1.807) is 0 Å². The van der Waals surface area contributed by atoms with Gasteiger partial charge in [-0.25, -0.2) is 4.98 Å². The largest absolute Gasteiger partial charge is 0.321 e. The van der Waals surface area contributed by atoms with Crippen LogP contribution in [0.3, 0.4) is 0 Å². The van der Waals surface area contributed by atoms with Gasteiger partial charge in [0.15, 0.2) is 5.13 Å². The minimum atomic E-state index is 0.703. The highest BCUT2D eigenvalue weighted by molar-refractivity contribution is 7.15. The van der Waals surface area contributed by atoms with Crippen LogP contribution in [-0.4, -0.2) is 19.1 Å². The molecule has 1 fully saturated rings. The smallest absolute Gasteiger partial charge is 0.190 e. The molecule has 1 aliphatic rings. The molecule has 0 amide bonds. The van der Waals surface area contributed by atoms with Gasteiger partial charge in [0.25, 0.3) is 0 Å². The molecule has 106 valence electrons. The third-order valence-corrected chi connectivity index (χ3v) is 4.87. The first-order chi connectivity index (χ1) is 9.69. The lowest BCUT2D eigenvalue weighted by Gasteiger charge is -2.15. The fraction of sp³-hybridized carbons (Fsp3) is 0.438. The summed E-state index contributed by atoms with van der Waals surface area (Å²) >= 11 is 1.81. The molecule has 3 rings (SSSR count). The maximum atomic E-state index is 4.89. The van der Waals surface area contributed by atoms with E-state index < -0.39 is 0 Å². The fourth-order valence-corrected chi connectivity index (χ4v) is 3.48. The Labute approximate surface area is 124 Å². The Bertz CT molecular complexity index is 584. The number of aryl methyl sites for hydroxylation is 1. The number of hydrogen-bond donors (Lipinski definition) is 1. The molecule has 0 radical (unpaired) electrons. The quantitative estimate of drug-likeness (QED) is 0.906. The molecule has 2 aromatic rings. The van der Waals surface area contributed by atoms with E-state index in [0.29, 0.717) is 5.92 Å². The van der Waals surface area contributed by atoms with E-state index in [2.05, 4.69) is 48.5 Å². The lowest BCUT2D eigenvalue weighted by Crippen LogP contribution is -2.08. The second-order valence-corrected chi connectivity index (χ2v) is 6.57. The van der Waals surface area contributed by atoms with Crippen LogP contribution < -0.4 is 10.2 Å². The zero-order chi connectivity index (χ0) is 14.1. The summed E-state index contributed by atoms with van der Waals surface area (Å²) in [5.41, 5.74) is 3.80. The summed E-state index contributed by atoms with van der Waals surface area (Å²) < 4.78 is 0. The van der Waals surface area contributed by atoms with Gasteiger partial charge in [-0.15, -0.1) is 0 Å². The Kier molecular flexibility index (Phi) is 3.76. The van der Waals surface area contributed by atoms with Gasteiger partial charge in [-0.05, 0) is 38.9 Å². The maximum Gasteiger partial charge on any atom is 0.190 e. The highest BCUT2D eigenvalue weighted by atomic mass is 32.1. The number of anilines is 2. The second-order valence-electron chi connectivity index (χ2n) is 5.50. The summed E-state index contributed by atoms with van der Waals surface area (Å²) in [6.07, 6.45) is 2.60. The number of aromatic nitrogens is 1. The number of nitrogens with one attached hydrogen (secondary N) is 1. The van der Waals surface area contributed by atoms with E-state index in [4.69, 9.17) is 4.98 Å². The first-order valence-corrected chi connectivity index (χ1v) is 7.95. The van der Waals surface area contributed by atoms with Crippen molar-refractivity contribution in [2.24, 2.45) is 0 Å². The zero-order valence-corrected chi connectivity index (χ0v) is 13.1. The average Bonchev–Trinajstić information content (AvgIpc) is 3.21. The number of thiazole rings is 1. The topological polar surface area (TPSA) is 28.2 Å². The number of rotatable bonds is 5. The molecule has 1 saturated carbocycles. The molecule has 4 heteroatoms. The molecular formula is C16H21N3S. The minimum absolute atomic E-state index is 0.703. The first-order valence-electron chi connectivity index (χ1n) is 7.13. The highest BCUT2D eigenvalue weighted by Crippen LogP contribution is 2.44. The van der Waals surface area contributed by atoms with Crippen molar-refractivity contribution in [1.29, 1.82) is 0 Å². The monoisotopic (exact) mass is 287 g/mol. The van der Waals surface area contributed by atoms with Crippen molar-refractivity contribution in [3.05, 3.63) is 40.4 Å². The van der Waals surface area contributed by atoms with Crippen LogP contribution in [-0.2, 0) is 6.54 Å². The molecule has 3 nitrogen and oxygen atoms in total. The van der Waals surface area contributed by atoms with Gasteiger partial charge in [0, 0.05) is 30.1 Å². The van der Waals surface area contributed by atoms with Gasteiger partial charge >= 0.3 is 0 Å². The van der Waals surface area contributed by atoms with E-state index in [1.165, 1.54) is 34.7 Å². The van der Waals surface area contributed by atoms with E-state index in [0.717, 1.165) is 11.7 Å². The van der Waals surface area contributed by atoms with Gasteiger partial charge in [-0.3, -0.25) is 0 Å². The average molecular weight is 287 g/mol. The fourth-order valence-electron chi connectivity index (χ4n) is 2.34. The summed E-state index contributed by atoms with van der Waals surface area (Å²) in [7, 11) is 4.10. The molecule has 0 atom stereocenters. The van der Waals surface area contributed by atoms with Gasteiger partial charge < -0.3 is 10.2 Å². The van der Waals surface area contributed by atoms with Crippen LogP contribution in [0.5, 0.6) is 0 Å². The van der Waals surface area contributed by atoms with Gasteiger partial charge in [0.05, 0.1) is 5.69 Å². The standard InChI is InChI=1S/C16H21N3S/c1-11-4-8-13(9-5-11)19(3)16-18-15(12-6-7-12)14(20-16)10-17-2/h4-5,8-9,12,17H,6-7,10H2,1-3H3. The molecule has 1 heterocycles. The third-order valence-electron chi connectivity index (χ3n) is 3.73. The molecule has 0 bridgehead atoms. The predicted octanol–water partition coefficient (Wildman–Crippen LogP) is 3.82. The van der Waals surface area contributed by atoms with Crippen LogP contribution in [0, 0.1) is 6.92 Å². The number of benzene rings is 1. The van der Waals surface area contributed by atoms with Crippen molar-refractivity contribution in [3.63, 3.8) is 0 Å². The Hall–Kier alpha value is -1.39. The molecule has 0 spiro atoms. The number of nitrogens with zero attached hydrogens (tertiary/aromatic N) is 2. The molecule has 0 unspecified atom stereocenters. The zero-order valence-electron chi connectivity index (χ0n) is 12.3. The van der Waals surface area contributed by atoms with Crippen LogP contribution >= 0.6 is 11.3 Å². The second kappa shape index (κ2) is 5.54. The molecule has 0 aliphatic heterocycles. The highest BCUT2D eigenvalue weighted by Gasteiger charge is 2.30. The van der Waals surface area contributed by atoms with Crippen molar-refractivity contribution in [2.75, 3.05) is 19.0 Å². The van der Waals surface area contributed by atoms with Crippen LogP contribution in [0.25, 0.3) is 0 Å². The predicted molar refractivity (Wildman–Crippen MR) is 86.1 cm³/mol. The molecule has 1 aliphatic carbocycles. The lowest BCUT2D eigenvalue weighted by molar-refractivity contribution is 0.812. The van der Waals surface area contributed by atoms with Crippen LogP contribution in [0.15, 0.2) is 24.3 Å². The molecule has 0 saturated heterocycles. The summed E-state index contributed by atoms with van der Waals surface area (Å²) in [5.74, 6) is 0.703. The van der Waals surface area contributed by atoms with Gasteiger partial charge in [-0.2, -0.15) is 0 Å². The minimum Gasteiger partial charge on any atom is -0.321 e. The van der Waals surface area contributed by atoms with E-state index in [-0.39, 0.29) is 0 Å². The van der Waals surface area contributed by atoms with Crippen molar-refractivity contribution < 1.29 is 0 Å². The van der Waals surface area contributed by atoms with Crippen LogP contribution in [0.1, 0.15) is 34.9 Å². The number of hydrogen-bond acceptors (Lipinski definition) is 4. The summed E-state index contributed by atoms with van der Waals surface area (Å²) in [5, 5.41) is 4.36. The van der Waals surface area contributed by atoms with E-state index >= 15 is 0 Å². The lowest BCUT2D eigenvalue weighted by atomic mass is 10.2. The Balaban J connectivity index is 1.89. The van der Waals surface area contributed by atoms with Crippen molar-refractivity contribution in [2.45, 2.75) is 32.2 Å². The molecule has 20 heavy (non-hydrogen) atoms. The molecule has 1 aromatic carbocycles. The van der Waals surface area contributed by atoms with Crippen molar-refractivity contribution in [3.8, 4) is 0 Å². The van der Waals surface area contributed by atoms with E-state index in [1.807, 2.05) is 18.4 Å². The summed E-state index contributed by atoms with van der Waals surface area (Å²) in [6.45, 7) is 3.04. The molecule has 1 aromatic heterocycles. The summed E-state index contributed by atoms with van der Waals surface area (Å²) in [4.78, 5) is 8.48. The Morgan fingerprint density at radius 2 is 2.00 bits per heavy atom. The van der Waals surface area contributed by atoms with Crippen molar-refractivity contribution >= 4 is 22.2 Å². The van der Waals surface area contributed by atoms with Gasteiger partial charge in [-0.1, -0.05) is 29.0 Å². The van der Waals surface area contributed by atoms with E-state index in [9.17, 15) is 0 Å². The maximum absolute atomic E-state index is 4.89. The van der Waals surface area contributed by atoms with Gasteiger partial charge in [0.1, 0.15) is 0 Å². The molecule has 1 N–H and O–H groups in total. The normalized spacial score (nSPS) is 14.6. The van der Waals surface area contributed by atoms with Crippen LogP contribution in [0.4, 0.5) is 10.8 Å². The van der Waals surface area contributed by atoms with Crippen molar-refractivity contribution in [1.82, 2.24) is 10.3 Å². The SMILES string of the molecule is CNCc1sc(N(C)c2ccc(C)cc2)nc1C1CC1. The Morgan fingerprint density at radius 3 is 2.60 bits per heavy atom. The first kappa shape index (κ1) is 13.6.